The number of carbonyl (C=O) groups is 1. The predicted molar refractivity (Wildman–Crippen MR) is 76.1 cm³/mol. The first-order valence-corrected chi connectivity index (χ1v) is 6.27. The number of fused-ring (bicyclic) bond motifs is 1. The van der Waals surface area contributed by atoms with E-state index in [0.717, 1.165) is 0 Å². The van der Waals surface area contributed by atoms with Crippen molar-refractivity contribution < 1.29 is 22.7 Å². The SMILES string of the molecule is Cl.O=C1NCCn2cc(-c3cccc(OC(F)(F)F)c3)cc21. The fraction of sp³-hybridized carbons (Fsp3) is 0.214. The number of halogens is 4. The summed E-state index contributed by atoms with van der Waals surface area (Å²) in [5.41, 5.74) is 1.74. The van der Waals surface area contributed by atoms with Gasteiger partial charge >= 0.3 is 6.36 Å². The maximum absolute atomic E-state index is 12.2. The van der Waals surface area contributed by atoms with Gasteiger partial charge < -0.3 is 14.6 Å². The number of nitrogens with one attached hydrogen (secondary N) is 1. The summed E-state index contributed by atoms with van der Waals surface area (Å²) in [5, 5.41) is 2.71. The monoisotopic (exact) mass is 332 g/mol. The van der Waals surface area contributed by atoms with Crippen LogP contribution in [0.4, 0.5) is 13.2 Å². The van der Waals surface area contributed by atoms with Crippen molar-refractivity contribution >= 4 is 18.3 Å². The third kappa shape index (κ3) is 3.36. The molecule has 1 N–H and O–H groups in total. The van der Waals surface area contributed by atoms with Crippen LogP contribution in [-0.4, -0.2) is 23.4 Å². The Morgan fingerprint density at radius 1 is 1.18 bits per heavy atom. The van der Waals surface area contributed by atoms with Crippen molar-refractivity contribution in [2.45, 2.75) is 12.9 Å². The highest BCUT2D eigenvalue weighted by atomic mass is 35.5. The average molecular weight is 333 g/mol. The van der Waals surface area contributed by atoms with Crippen LogP contribution in [0.1, 0.15) is 10.5 Å². The van der Waals surface area contributed by atoms with Crippen LogP contribution in [0, 0.1) is 0 Å². The lowest BCUT2D eigenvalue weighted by atomic mass is 10.1. The van der Waals surface area contributed by atoms with E-state index in [0.29, 0.717) is 29.9 Å². The second-order valence-corrected chi connectivity index (χ2v) is 4.64. The Kier molecular flexibility index (Phi) is 4.37. The van der Waals surface area contributed by atoms with Crippen LogP contribution in [0.5, 0.6) is 5.75 Å². The Morgan fingerprint density at radius 2 is 1.95 bits per heavy atom. The lowest BCUT2D eigenvalue weighted by Gasteiger charge is -2.14. The van der Waals surface area contributed by atoms with Crippen LogP contribution in [0.3, 0.4) is 0 Å². The molecule has 0 saturated heterocycles. The zero-order valence-electron chi connectivity index (χ0n) is 11.2. The topological polar surface area (TPSA) is 43.3 Å². The molecule has 2 aromatic rings. The molecule has 0 unspecified atom stereocenters. The van der Waals surface area contributed by atoms with Gasteiger partial charge in [0.15, 0.2) is 0 Å². The molecule has 4 nitrogen and oxygen atoms in total. The lowest BCUT2D eigenvalue weighted by molar-refractivity contribution is -0.274. The van der Waals surface area contributed by atoms with Gasteiger partial charge in [0.2, 0.25) is 0 Å². The minimum absolute atomic E-state index is 0. The second-order valence-electron chi connectivity index (χ2n) is 4.64. The summed E-state index contributed by atoms with van der Waals surface area (Å²) in [4.78, 5) is 11.7. The number of amides is 1. The molecule has 1 aromatic heterocycles. The first-order valence-electron chi connectivity index (χ1n) is 6.27. The average Bonchev–Trinajstić information content (AvgIpc) is 2.82. The maximum Gasteiger partial charge on any atom is 0.573 e. The van der Waals surface area contributed by atoms with Gasteiger partial charge in [-0.1, -0.05) is 12.1 Å². The molecule has 0 saturated carbocycles. The molecule has 2 heterocycles. The summed E-state index contributed by atoms with van der Waals surface area (Å²) in [6, 6.07) is 7.34. The first kappa shape index (κ1) is 16.2. The van der Waals surface area contributed by atoms with E-state index < -0.39 is 6.36 Å². The summed E-state index contributed by atoms with van der Waals surface area (Å²) in [5.74, 6) is -0.469. The molecule has 0 spiro atoms. The standard InChI is InChI=1S/C14H11F3N2O2.ClH/c15-14(16,17)21-11-3-1-2-9(6-11)10-7-12-13(20)18-4-5-19(12)8-10;/h1-3,6-8H,4-5H2,(H,18,20);1H. The Labute approximate surface area is 130 Å². The Hall–Kier alpha value is -2.15. The van der Waals surface area contributed by atoms with E-state index >= 15 is 0 Å². The molecule has 22 heavy (non-hydrogen) atoms. The van der Waals surface area contributed by atoms with E-state index in [1.807, 2.05) is 0 Å². The van der Waals surface area contributed by atoms with Crippen LogP contribution >= 0.6 is 12.4 Å². The largest absolute Gasteiger partial charge is 0.573 e. The van der Waals surface area contributed by atoms with E-state index in [9.17, 15) is 18.0 Å². The van der Waals surface area contributed by atoms with Crippen molar-refractivity contribution in [3.63, 3.8) is 0 Å². The van der Waals surface area contributed by atoms with Crippen molar-refractivity contribution in [3.05, 3.63) is 42.2 Å². The molecular weight excluding hydrogens is 321 g/mol. The zero-order valence-corrected chi connectivity index (χ0v) is 12.0. The molecule has 118 valence electrons. The third-order valence-electron chi connectivity index (χ3n) is 3.17. The second kappa shape index (κ2) is 5.92. The molecule has 0 radical (unpaired) electrons. The predicted octanol–water partition coefficient (Wildman–Crippen LogP) is 3.22. The number of nitrogens with zero attached hydrogens (tertiary/aromatic N) is 1. The number of benzene rings is 1. The highest BCUT2D eigenvalue weighted by molar-refractivity contribution is 5.95. The molecular formula is C14H12ClF3N2O2. The van der Waals surface area contributed by atoms with Crippen LogP contribution in [0.15, 0.2) is 36.5 Å². The number of hydrogen-bond donors (Lipinski definition) is 1. The number of hydrogen-bond acceptors (Lipinski definition) is 2. The first-order chi connectivity index (χ1) is 9.92. The molecule has 0 bridgehead atoms. The summed E-state index contributed by atoms with van der Waals surface area (Å²) in [6.07, 6.45) is -2.97. The smallest absolute Gasteiger partial charge is 0.406 e. The highest BCUT2D eigenvalue weighted by Gasteiger charge is 2.31. The van der Waals surface area contributed by atoms with Crippen LogP contribution in [0.2, 0.25) is 0 Å². The van der Waals surface area contributed by atoms with Gasteiger partial charge in [-0.15, -0.1) is 25.6 Å². The Morgan fingerprint density at radius 3 is 2.64 bits per heavy atom. The van der Waals surface area contributed by atoms with Gasteiger partial charge in [0.1, 0.15) is 11.4 Å². The summed E-state index contributed by atoms with van der Waals surface area (Å²) in [7, 11) is 0. The quantitative estimate of drug-likeness (QED) is 0.917. The molecule has 0 aliphatic carbocycles. The fourth-order valence-electron chi connectivity index (χ4n) is 2.30. The number of carbonyl (C=O) groups excluding carboxylic acids is 1. The van der Waals surface area contributed by atoms with Gasteiger partial charge in [0, 0.05) is 24.8 Å². The van der Waals surface area contributed by atoms with Gasteiger partial charge in [0.25, 0.3) is 5.91 Å². The fourth-order valence-corrected chi connectivity index (χ4v) is 2.30. The number of alkyl halides is 3. The van der Waals surface area contributed by atoms with E-state index in [1.165, 1.54) is 18.2 Å². The molecule has 0 atom stereocenters. The number of ether oxygens (including phenoxy) is 1. The number of rotatable bonds is 2. The van der Waals surface area contributed by atoms with Crippen LogP contribution < -0.4 is 10.1 Å². The van der Waals surface area contributed by atoms with E-state index in [-0.39, 0.29) is 24.1 Å². The van der Waals surface area contributed by atoms with Gasteiger partial charge in [-0.25, -0.2) is 0 Å². The van der Waals surface area contributed by atoms with Crippen molar-refractivity contribution in [1.82, 2.24) is 9.88 Å². The minimum atomic E-state index is -4.72. The van der Waals surface area contributed by atoms with E-state index in [4.69, 9.17) is 0 Å². The Bertz CT molecular complexity index is 698. The van der Waals surface area contributed by atoms with Crippen LogP contribution in [0.25, 0.3) is 11.1 Å². The zero-order chi connectivity index (χ0) is 15.0. The third-order valence-corrected chi connectivity index (χ3v) is 3.17. The maximum atomic E-state index is 12.2. The van der Waals surface area contributed by atoms with Gasteiger partial charge in [-0.05, 0) is 23.8 Å². The van der Waals surface area contributed by atoms with Crippen molar-refractivity contribution in [3.8, 4) is 16.9 Å². The molecule has 0 fully saturated rings. The molecule has 1 aromatic carbocycles. The van der Waals surface area contributed by atoms with Crippen LogP contribution in [-0.2, 0) is 6.54 Å². The molecule has 1 aliphatic rings. The van der Waals surface area contributed by atoms with Crippen molar-refractivity contribution in [2.24, 2.45) is 0 Å². The lowest BCUT2D eigenvalue weighted by Crippen LogP contribution is -2.34. The minimum Gasteiger partial charge on any atom is -0.406 e. The number of aromatic nitrogens is 1. The molecule has 3 rings (SSSR count). The van der Waals surface area contributed by atoms with E-state index in [2.05, 4.69) is 10.1 Å². The summed E-state index contributed by atoms with van der Waals surface area (Å²) >= 11 is 0. The van der Waals surface area contributed by atoms with Crippen molar-refractivity contribution in [2.75, 3.05) is 6.54 Å². The Balaban J connectivity index is 0.00000176. The van der Waals surface area contributed by atoms with E-state index in [1.54, 1.807) is 22.9 Å². The van der Waals surface area contributed by atoms with Gasteiger partial charge in [0.05, 0.1) is 0 Å². The highest BCUT2D eigenvalue weighted by Crippen LogP contribution is 2.29. The summed E-state index contributed by atoms with van der Waals surface area (Å²) in [6.45, 7) is 1.18. The molecule has 8 heteroatoms. The van der Waals surface area contributed by atoms with Gasteiger partial charge in [-0.2, -0.15) is 0 Å². The van der Waals surface area contributed by atoms with Gasteiger partial charge in [-0.3, -0.25) is 4.79 Å². The normalized spacial score (nSPS) is 13.9. The molecule has 1 amide bonds. The summed E-state index contributed by atoms with van der Waals surface area (Å²) < 4.78 is 42.4. The van der Waals surface area contributed by atoms with Crippen molar-refractivity contribution in [1.29, 1.82) is 0 Å². The molecule has 1 aliphatic heterocycles.